The van der Waals surface area contributed by atoms with Gasteiger partial charge < -0.3 is 9.67 Å². The first-order valence-electron chi connectivity index (χ1n) is 5.72. The average molecular weight is 271 g/mol. The Kier molecular flexibility index (Phi) is 3.50. The summed E-state index contributed by atoms with van der Waals surface area (Å²) in [4.78, 5) is 10.6. The van der Waals surface area contributed by atoms with Crippen LogP contribution in [0.1, 0.15) is 12.0 Å². The molecule has 0 aliphatic heterocycles. The van der Waals surface area contributed by atoms with Gasteiger partial charge in [-0.25, -0.2) is 0 Å². The normalized spacial score (nSPS) is 11.9. The number of rotatable bonds is 4. The second kappa shape index (κ2) is 4.95. The first kappa shape index (κ1) is 13.5. The molecule has 0 bridgehead atoms. The minimum atomic E-state index is -4.30. The van der Waals surface area contributed by atoms with Gasteiger partial charge in [-0.2, -0.15) is 13.2 Å². The summed E-state index contributed by atoms with van der Waals surface area (Å²) < 4.78 is 38.6. The number of aromatic nitrogens is 1. The SMILES string of the molecule is O=C(O)CCc1cn(CC(F)(F)F)c2ccccc12. The topological polar surface area (TPSA) is 42.2 Å². The molecular formula is C13H12F3NO2. The molecule has 6 heteroatoms. The molecule has 0 radical (unpaired) electrons. The maximum atomic E-state index is 12.5. The number of carboxylic acid groups (broad SMARTS) is 1. The van der Waals surface area contributed by atoms with Crippen molar-refractivity contribution in [3.05, 3.63) is 36.0 Å². The van der Waals surface area contributed by atoms with Crippen molar-refractivity contribution in [2.24, 2.45) is 0 Å². The lowest BCUT2D eigenvalue weighted by molar-refractivity contribution is -0.140. The van der Waals surface area contributed by atoms with Crippen LogP contribution in [0.15, 0.2) is 30.5 Å². The lowest BCUT2D eigenvalue weighted by Gasteiger charge is -2.08. The minimum absolute atomic E-state index is 0.0972. The lowest BCUT2D eigenvalue weighted by atomic mass is 10.1. The van der Waals surface area contributed by atoms with Crippen LogP contribution < -0.4 is 0 Å². The number of benzene rings is 1. The zero-order valence-corrected chi connectivity index (χ0v) is 9.94. The van der Waals surface area contributed by atoms with E-state index >= 15 is 0 Å². The number of hydrogen-bond acceptors (Lipinski definition) is 1. The van der Waals surface area contributed by atoms with Crippen molar-refractivity contribution in [2.75, 3.05) is 0 Å². The van der Waals surface area contributed by atoms with Gasteiger partial charge in [0.25, 0.3) is 0 Å². The number of carboxylic acids is 1. The summed E-state index contributed by atoms with van der Waals surface area (Å²) in [6.07, 6.45) is -2.78. The van der Waals surface area contributed by atoms with Gasteiger partial charge in [-0.3, -0.25) is 4.79 Å². The van der Waals surface area contributed by atoms with E-state index in [1.54, 1.807) is 24.3 Å². The molecule has 2 rings (SSSR count). The van der Waals surface area contributed by atoms with Gasteiger partial charge in [-0.1, -0.05) is 18.2 Å². The van der Waals surface area contributed by atoms with Gasteiger partial charge in [0.2, 0.25) is 0 Å². The van der Waals surface area contributed by atoms with E-state index in [-0.39, 0.29) is 12.8 Å². The van der Waals surface area contributed by atoms with E-state index in [2.05, 4.69) is 0 Å². The smallest absolute Gasteiger partial charge is 0.406 e. The van der Waals surface area contributed by atoms with Crippen LogP contribution in [0, 0.1) is 0 Å². The van der Waals surface area contributed by atoms with Crippen LogP contribution in [0.25, 0.3) is 10.9 Å². The zero-order chi connectivity index (χ0) is 14.0. The highest BCUT2D eigenvalue weighted by Crippen LogP contribution is 2.26. The maximum absolute atomic E-state index is 12.5. The lowest BCUT2D eigenvalue weighted by Crippen LogP contribution is -2.16. The molecule has 1 aromatic carbocycles. The third kappa shape index (κ3) is 3.27. The number of aryl methyl sites for hydroxylation is 1. The fraction of sp³-hybridized carbons (Fsp3) is 0.308. The minimum Gasteiger partial charge on any atom is -0.481 e. The van der Waals surface area contributed by atoms with E-state index in [0.29, 0.717) is 16.5 Å². The molecule has 1 N–H and O–H groups in total. The molecule has 0 spiro atoms. The first-order valence-corrected chi connectivity index (χ1v) is 5.72. The summed E-state index contributed by atoms with van der Waals surface area (Å²) in [5.74, 6) is -0.965. The summed E-state index contributed by atoms with van der Waals surface area (Å²) >= 11 is 0. The predicted octanol–water partition coefficient (Wildman–Crippen LogP) is 3.22. The molecule has 1 heterocycles. The van der Waals surface area contributed by atoms with Gasteiger partial charge in [-0.15, -0.1) is 0 Å². The van der Waals surface area contributed by atoms with Crippen molar-refractivity contribution >= 4 is 16.9 Å². The van der Waals surface area contributed by atoms with Gasteiger partial charge in [0.1, 0.15) is 6.54 Å². The second-order valence-corrected chi connectivity index (χ2v) is 4.31. The second-order valence-electron chi connectivity index (χ2n) is 4.31. The molecule has 0 aliphatic rings. The van der Waals surface area contributed by atoms with E-state index in [1.807, 2.05) is 0 Å². The number of aliphatic carboxylic acids is 1. The quantitative estimate of drug-likeness (QED) is 0.927. The Labute approximate surface area is 107 Å². The maximum Gasteiger partial charge on any atom is 0.406 e. The Balaban J connectivity index is 2.39. The Bertz CT molecular complexity index is 601. The zero-order valence-electron chi connectivity index (χ0n) is 9.94. The van der Waals surface area contributed by atoms with E-state index in [0.717, 1.165) is 4.57 Å². The van der Waals surface area contributed by atoms with Crippen LogP contribution in [0.3, 0.4) is 0 Å². The van der Waals surface area contributed by atoms with E-state index in [9.17, 15) is 18.0 Å². The van der Waals surface area contributed by atoms with Crippen molar-refractivity contribution in [2.45, 2.75) is 25.6 Å². The summed E-state index contributed by atoms with van der Waals surface area (Å²) in [6, 6.07) is 6.70. The standard InChI is InChI=1S/C13H12F3NO2/c14-13(15,16)8-17-7-9(5-6-12(18)19)10-3-1-2-4-11(10)17/h1-4,7H,5-6,8H2,(H,18,19). The highest BCUT2D eigenvalue weighted by atomic mass is 19.4. The van der Waals surface area contributed by atoms with Gasteiger partial charge in [0.05, 0.1) is 0 Å². The monoisotopic (exact) mass is 271 g/mol. The highest BCUT2D eigenvalue weighted by molar-refractivity contribution is 5.84. The molecular weight excluding hydrogens is 259 g/mol. The van der Waals surface area contributed by atoms with Gasteiger partial charge >= 0.3 is 12.1 Å². The molecule has 0 aliphatic carbocycles. The highest BCUT2D eigenvalue weighted by Gasteiger charge is 2.28. The van der Waals surface area contributed by atoms with Crippen LogP contribution in [-0.2, 0) is 17.8 Å². The molecule has 0 atom stereocenters. The number of para-hydroxylation sites is 1. The number of fused-ring (bicyclic) bond motifs is 1. The van der Waals surface area contributed by atoms with Crippen molar-refractivity contribution < 1.29 is 23.1 Å². The molecule has 0 saturated heterocycles. The number of carbonyl (C=O) groups is 1. The molecule has 2 aromatic rings. The third-order valence-electron chi connectivity index (χ3n) is 2.83. The Morgan fingerprint density at radius 1 is 1.26 bits per heavy atom. The Hall–Kier alpha value is -1.98. The number of nitrogens with zero attached hydrogens (tertiary/aromatic N) is 1. The van der Waals surface area contributed by atoms with Crippen LogP contribution in [0.2, 0.25) is 0 Å². The van der Waals surface area contributed by atoms with E-state index in [4.69, 9.17) is 5.11 Å². The number of alkyl halides is 3. The van der Waals surface area contributed by atoms with Gasteiger partial charge in [0, 0.05) is 23.5 Å². The van der Waals surface area contributed by atoms with Crippen molar-refractivity contribution in [1.82, 2.24) is 4.57 Å². The van der Waals surface area contributed by atoms with Crippen LogP contribution in [0.4, 0.5) is 13.2 Å². The summed E-state index contributed by atoms with van der Waals surface area (Å²) in [6.45, 7) is -1.07. The van der Waals surface area contributed by atoms with Crippen molar-refractivity contribution in [3.63, 3.8) is 0 Å². The summed E-state index contributed by atoms with van der Waals surface area (Å²) in [7, 11) is 0. The largest absolute Gasteiger partial charge is 0.481 e. The van der Waals surface area contributed by atoms with Crippen LogP contribution in [-0.4, -0.2) is 21.8 Å². The molecule has 3 nitrogen and oxygen atoms in total. The fourth-order valence-corrected chi connectivity index (χ4v) is 2.09. The van der Waals surface area contributed by atoms with Crippen LogP contribution in [0.5, 0.6) is 0 Å². The van der Waals surface area contributed by atoms with Crippen molar-refractivity contribution in [1.29, 1.82) is 0 Å². The average Bonchev–Trinajstić information content (AvgIpc) is 2.63. The van der Waals surface area contributed by atoms with Crippen molar-refractivity contribution in [3.8, 4) is 0 Å². The molecule has 102 valence electrons. The molecule has 0 amide bonds. The molecule has 0 fully saturated rings. The van der Waals surface area contributed by atoms with Gasteiger partial charge in [0.15, 0.2) is 0 Å². The van der Waals surface area contributed by atoms with E-state index < -0.39 is 18.7 Å². The number of halogens is 3. The van der Waals surface area contributed by atoms with Crippen LogP contribution >= 0.6 is 0 Å². The third-order valence-corrected chi connectivity index (χ3v) is 2.83. The molecule has 0 unspecified atom stereocenters. The molecule has 1 aromatic heterocycles. The van der Waals surface area contributed by atoms with Gasteiger partial charge in [-0.05, 0) is 18.1 Å². The molecule has 19 heavy (non-hydrogen) atoms. The first-order chi connectivity index (χ1) is 8.87. The summed E-state index contributed by atoms with van der Waals surface area (Å²) in [5.41, 5.74) is 1.10. The Morgan fingerprint density at radius 3 is 2.58 bits per heavy atom. The Morgan fingerprint density at radius 2 is 1.95 bits per heavy atom. The molecule has 0 saturated carbocycles. The summed E-state index contributed by atoms with van der Waals surface area (Å²) in [5, 5.41) is 9.33. The fourth-order valence-electron chi connectivity index (χ4n) is 2.09. The predicted molar refractivity (Wildman–Crippen MR) is 63.9 cm³/mol. The number of hydrogen-bond donors (Lipinski definition) is 1. The van der Waals surface area contributed by atoms with E-state index in [1.165, 1.54) is 6.20 Å².